The highest BCUT2D eigenvalue weighted by Crippen LogP contribution is 2.58. The van der Waals surface area contributed by atoms with Gasteiger partial charge in [0.2, 0.25) is 0 Å². The maximum atomic E-state index is 5.23. The fourth-order valence-corrected chi connectivity index (χ4v) is 6.76. The van der Waals surface area contributed by atoms with Crippen molar-refractivity contribution < 1.29 is 0 Å². The predicted octanol–water partition coefficient (Wildman–Crippen LogP) is 9.84. The van der Waals surface area contributed by atoms with Crippen LogP contribution < -0.4 is 0 Å². The monoisotopic (exact) mass is 548 g/mol. The van der Waals surface area contributed by atoms with Crippen molar-refractivity contribution in [3.05, 3.63) is 192 Å². The van der Waals surface area contributed by atoms with Gasteiger partial charge in [0.05, 0.1) is 16.8 Å². The van der Waals surface area contributed by atoms with E-state index < -0.39 is 5.41 Å². The molecule has 0 spiro atoms. The van der Waals surface area contributed by atoms with Crippen LogP contribution in [0.25, 0.3) is 45.0 Å². The Morgan fingerprint density at radius 3 is 1.37 bits per heavy atom. The molecule has 1 aliphatic carbocycles. The van der Waals surface area contributed by atoms with Gasteiger partial charge in [-0.3, -0.25) is 0 Å². The molecule has 0 aliphatic heterocycles. The number of benzene rings is 6. The molecule has 2 heteroatoms. The molecule has 0 amide bonds. The molecule has 1 heterocycles. The van der Waals surface area contributed by atoms with Gasteiger partial charge in [-0.2, -0.15) is 0 Å². The van der Waals surface area contributed by atoms with Crippen molar-refractivity contribution in [3.63, 3.8) is 0 Å². The summed E-state index contributed by atoms with van der Waals surface area (Å²) in [5.41, 5.74) is 11.9. The summed E-state index contributed by atoms with van der Waals surface area (Å²) in [5.74, 6) is 0.726. The quantitative estimate of drug-likeness (QED) is 0.214. The Hall–Kier alpha value is -5.60. The minimum Gasteiger partial charge on any atom is -0.228 e. The normalized spacial score (nSPS) is 12.8. The zero-order valence-corrected chi connectivity index (χ0v) is 23.6. The summed E-state index contributed by atoms with van der Waals surface area (Å²) in [4.78, 5) is 10.5. The maximum Gasteiger partial charge on any atom is 0.161 e. The third-order valence-corrected chi connectivity index (χ3v) is 8.59. The minimum atomic E-state index is -0.468. The second-order valence-electron chi connectivity index (χ2n) is 10.9. The van der Waals surface area contributed by atoms with E-state index in [0.29, 0.717) is 0 Å². The predicted molar refractivity (Wildman–Crippen MR) is 176 cm³/mol. The van der Waals surface area contributed by atoms with E-state index in [4.69, 9.17) is 9.97 Å². The zero-order chi connectivity index (χ0) is 28.6. The van der Waals surface area contributed by atoms with Crippen molar-refractivity contribution in [1.82, 2.24) is 9.97 Å². The first kappa shape index (κ1) is 25.1. The van der Waals surface area contributed by atoms with Gasteiger partial charge in [0, 0.05) is 16.7 Å². The summed E-state index contributed by atoms with van der Waals surface area (Å²) in [6.07, 6.45) is 0. The molecule has 0 saturated carbocycles. The molecular weight excluding hydrogens is 520 g/mol. The number of fused-ring (bicyclic) bond motifs is 3. The first-order chi connectivity index (χ1) is 21.3. The average molecular weight is 549 g/mol. The summed E-state index contributed by atoms with van der Waals surface area (Å²) >= 11 is 0. The summed E-state index contributed by atoms with van der Waals surface area (Å²) in [7, 11) is 0. The first-order valence-electron chi connectivity index (χ1n) is 14.7. The van der Waals surface area contributed by atoms with Gasteiger partial charge in [0.1, 0.15) is 0 Å². The molecule has 0 atom stereocenters. The van der Waals surface area contributed by atoms with Crippen molar-refractivity contribution in [1.29, 1.82) is 0 Å². The van der Waals surface area contributed by atoms with Crippen LogP contribution in [0.3, 0.4) is 0 Å². The largest absolute Gasteiger partial charge is 0.228 e. The third kappa shape index (κ3) is 4.03. The number of hydrogen-bond acceptors (Lipinski definition) is 2. The molecule has 0 saturated heterocycles. The molecule has 0 bridgehead atoms. The van der Waals surface area contributed by atoms with Gasteiger partial charge in [-0.1, -0.05) is 164 Å². The van der Waals surface area contributed by atoms with E-state index in [1.165, 1.54) is 33.4 Å². The van der Waals surface area contributed by atoms with Gasteiger partial charge < -0.3 is 0 Å². The lowest BCUT2D eigenvalue weighted by molar-refractivity contribution is 0.768. The topological polar surface area (TPSA) is 25.8 Å². The smallest absolute Gasteiger partial charge is 0.161 e. The van der Waals surface area contributed by atoms with Crippen LogP contribution in [0.4, 0.5) is 0 Å². The second-order valence-corrected chi connectivity index (χ2v) is 10.9. The van der Waals surface area contributed by atoms with Crippen LogP contribution in [0.5, 0.6) is 0 Å². The number of nitrogens with zero attached hydrogens (tertiary/aromatic N) is 2. The fourth-order valence-electron chi connectivity index (χ4n) is 6.76. The van der Waals surface area contributed by atoms with E-state index >= 15 is 0 Å². The van der Waals surface area contributed by atoms with Gasteiger partial charge >= 0.3 is 0 Å². The van der Waals surface area contributed by atoms with Crippen LogP contribution in [0.2, 0.25) is 0 Å². The SMILES string of the molecule is c1ccc(-c2cc(-c3ccccc3)nc(-c3cccc4c3-c3ccccc3C4(c3ccccc3)c3ccccc3)n2)cc1. The van der Waals surface area contributed by atoms with Gasteiger partial charge in [-0.05, 0) is 39.4 Å². The van der Waals surface area contributed by atoms with Crippen molar-refractivity contribution in [3.8, 4) is 45.0 Å². The van der Waals surface area contributed by atoms with Crippen molar-refractivity contribution >= 4 is 0 Å². The molecule has 43 heavy (non-hydrogen) atoms. The molecular formula is C41H28N2. The van der Waals surface area contributed by atoms with E-state index in [1.54, 1.807) is 0 Å². The lowest BCUT2D eigenvalue weighted by Crippen LogP contribution is -2.28. The Morgan fingerprint density at radius 2 is 0.814 bits per heavy atom. The standard InChI is InChI=1S/C41H28N2/c1-5-16-29(17-6-1)37-28-38(30-18-7-2-8-19-30)43-40(42-37)34-25-15-27-36-39(34)33-24-13-14-26-35(33)41(36,31-20-9-3-10-21-31)32-22-11-4-12-23-32/h1-28H. The number of rotatable bonds is 5. The zero-order valence-electron chi connectivity index (χ0n) is 23.6. The van der Waals surface area contributed by atoms with E-state index in [-0.39, 0.29) is 0 Å². The molecule has 1 aromatic heterocycles. The van der Waals surface area contributed by atoms with Gasteiger partial charge in [-0.15, -0.1) is 0 Å². The molecule has 8 rings (SSSR count). The van der Waals surface area contributed by atoms with E-state index in [0.717, 1.165) is 33.9 Å². The highest BCUT2D eigenvalue weighted by molar-refractivity contribution is 5.94. The molecule has 7 aromatic rings. The Balaban J connectivity index is 1.45. The Bertz CT molecular complexity index is 1950. The van der Waals surface area contributed by atoms with Gasteiger partial charge in [-0.25, -0.2) is 9.97 Å². The Kier molecular flexibility index (Phi) is 6.05. The maximum absolute atomic E-state index is 5.23. The average Bonchev–Trinajstić information content (AvgIpc) is 3.41. The van der Waals surface area contributed by atoms with E-state index in [2.05, 4.69) is 158 Å². The molecule has 0 N–H and O–H groups in total. The molecule has 2 nitrogen and oxygen atoms in total. The van der Waals surface area contributed by atoms with Crippen LogP contribution in [0.1, 0.15) is 22.3 Å². The summed E-state index contributed by atoms with van der Waals surface area (Å²) in [6, 6.07) is 60.1. The van der Waals surface area contributed by atoms with Gasteiger partial charge in [0.15, 0.2) is 5.82 Å². The fraction of sp³-hybridized carbons (Fsp3) is 0.0244. The lowest BCUT2D eigenvalue weighted by Gasteiger charge is -2.33. The first-order valence-corrected chi connectivity index (χ1v) is 14.7. The molecule has 0 radical (unpaired) electrons. The van der Waals surface area contributed by atoms with E-state index in [1.807, 2.05) is 12.1 Å². The van der Waals surface area contributed by atoms with Crippen LogP contribution >= 0.6 is 0 Å². The van der Waals surface area contributed by atoms with Crippen molar-refractivity contribution in [2.24, 2.45) is 0 Å². The summed E-state index contributed by atoms with van der Waals surface area (Å²) in [6.45, 7) is 0. The van der Waals surface area contributed by atoms with Crippen LogP contribution in [-0.4, -0.2) is 9.97 Å². The van der Waals surface area contributed by atoms with Crippen molar-refractivity contribution in [2.45, 2.75) is 5.41 Å². The van der Waals surface area contributed by atoms with E-state index in [9.17, 15) is 0 Å². The lowest BCUT2D eigenvalue weighted by atomic mass is 9.67. The summed E-state index contributed by atoms with van der Waals surface area (Å²) in [5, 5.41) is 0. The second kappa shape index (κ2) is 10.3. The Labute approximate surface area is 252 Å². The highest BCUT2D eigenvalue weighted by atomic mass is 14.9. The summed E-state index contributed by atoms with van der Waals surface area (Å²) < 4.78 is 0. The highest BCUT2D eigenvalue weighted by Gasteiger charge is 2.46. The van der Waals surface area contributed by atoms with Crippen molar-refractivity contribution in [2.75, 3.05) is 0 Å². The van der Waals surface area contributed by atoms with Crippen LogP contribution in [0.15, 0.2) is 170 Å². The Morgan fingerprint density at radius 1 is 0.372 bits per heavy atom. The molecule has 1 aliphatic rings. The molecule has 0 fully saturated rings. The number of aromatic nitrogens is 2. The number of hydrogen-bond donors (Lipinski definition) is 0. The van der Waals surface area contributed by atoms with Crippen LogP contribution in [-0.2, 0) is 5.41 Å². The third-order valence-electron chi connectivity index (χ3n) is 8.59. The van der Waals surface area contributed by atoms with Gasteiger partial charge in [0.25, 0.3) is 0 Å². The molecule has 0 unspecified atom stereocenters. The molecule has 6 aromatic carbocycles. The van der Waals surface area contributed by atoms with Crippen LogP contribution in [0, 0.1) is 0 Å². The molecule has 202 valence electrons. The minimum absolute atomic E-state index is 0.468.